The summed E-state index contributed by atoms with van der Waals surface area (Å²) in [4.78, 5) is 11.7. The summed E-state index contributed by atoms with van der Waals surface area (Å²) in [6.07, 6.45) is 0.898. The van der Waals surface area contributed by atoms with Crippen molar-refractivity contribution in [2.75, 3.05) is 0 Å². The predicted octanol–water partition coefficient (Wildman–Crippen LogP) is 2.75. The van der Waals surface area contributed by atoms with E-state index in [9.17, 15) is 4.79 Å². The van der Waals surface area contributed by atoms with Gasteiger partial charge in [0.25, 0.3) is 0 Å². The number of rotatable bonds is 5. The standard InChI is InChI=1S/C13H19ClN2O.ClH/c1-3-9(2)12(15)13(17)16-8-10-4-6-11(14)7-5-10;/h4-7,9,12H,3,8,15H2,1-2H3,(H,16,17);1H. The number of carbonyl (C=O) groups excluding carboxylic acids is 1. The summed E-state index contributed by atoms with van der Waals surface area (Å²) >= 11 is 5.78. The molecule has 2 atom stereocenters. The molecule has 0 aliphatic carbocycles. The first kappa shape index (κ1) is 17.2. The molecular formula is C13H20Cl2N2O. The van der Waals surface area contributed by atoms with Crippen LogP contribution in [0.4, 0.5) is 0 Å². The third kappa shape index (κ3) is 5.25. The Morgan fingerprint density at radius 2 is 1.94 bits per heavy atom. The summed E-state index contributed by atoms with van der Waals surface area (Å²) < 4.78 is 0. The van der Waals surface area contributed by atoms with Crippen LogP contribution in [0.25, 0.3) is 0 Å². The molecule has 0 bridgehead atoms. The fourth-order valence-electron chi connectivity index (χ4n) is 1.42. The van der Waals surface area contributed by atoms with Crippen LogP contribution in [-0.2, 0) is 11.3 Å². The van der Waals surface area contributed by atoms with Gasteiger partial charge in [-0.2, -0.15) is 0 Å². The molecule has 2 unspecified atom stereocenters. The molecule has 0 saturated carbocycles. The van der Waals surface area contributed by atoms with Crippen LogP contribution in [0.5, 0.6) is 0 Å². The lowest BCUT2D eigenvalue weighted by molar-refractivity contribution is -0.123. The molecule has 0 aliphatic heterocycles. The molecule has 0 radical (unpaired) electrons. The van der Waals surface area contributed by atoms with Gasteiger partial charge in [-0.05, 0) is 23.6 Å². The fraction of sp³-hybridized carbons (Fsp3) is 0.462. The Hall–Kier alpha value is -0.770. The summed E-state index contributed by atoms with van der Waals surface area (Å²) in [5.41, 5.74) is 6.84. The second-order valence-electron chi connectivity index (χ2n) is 4.26. The van der Waals surface area contributed by atoms with E-state index in [4.69, 9.17) is 17.3 Å². The molecule has 1 rings (SSSR count). The zero-order valence-corrected chi connectivity index (χ0v) is 12.2. The Labute approximate surface area is 119 Å². The lowest BCUT2D eigenvalue weighted by atomic mass is 9.99. The van der Waals surface area contributed by atoms with Crippen LogP contribution < -0.4 is 11.1 Å². The quantitative estimate of drug-likeness (QED) is 0.876. The Morgan fingerprint density at radius 3 is 2.44 bits per heavy atom. The van der Waals surface area contributed by atoms with Crippen LogP contribution in [0.15, 0.2) is 24.3 Å². The number of nitrogens with two attached hydrogens (primary N) is 1. The lowest BCUT2D eigenvalue weighted by Gasteiger charge is -2.17. The maximum Gasteiger partial charge on any atom is 0.237 e. The van der Waals surface area contributed by atoms with Crippen LogP contribution >= 0.6 is 24.0 Å². The number of hydrogen-bond acceptors (Lipinski definition) is 2. The van der Waals surface area contributed by atoms with Gasteiger partial charge >= 0.3 is 0 Å². The highest BCUT2D eigenvalue weighted by atomic mass is 35.5. The first-order chi connectivity index (χ1) is 8.04. The van der Waals surface area contributed by atoms with E-state index >= 15 is 0 Å². The first-order valence-corrected chi connectivity index (χ1v) is 6.20. The van der Waals surface area contributed by atoms with Crippen molar-refractivity contribution >= 4 is 29.9 Å². The van der Waals surface area contributed by atoms with Gasteiger partial charge in [0, 0.05) is 11.6 Å². The monoisotopic (exact) mass is 290 g/mol. The molecule has 18 heavy (non-hydrogen) atoms. The highest BCUT2D eigenvalue weighted by Gasteiger charge is 2.18. The zero-order chi connectivity index (χ0) is 12.8. The lowest BCUT2D eigenvalue weighted by Crippen LogP contribution is -2.44. The van der Waals surface area contributed by atoms with Crippen molar-refractivity contribution < 1.29 is 4.79 Å². The van der Waals surface area contributed by atoms with Gasteiger partial charge in [0.1, 0.15) is 0 Å². The molecular weight excluding hydrogens is 271 g/mol. The number of halogens is 2. The van der Waals surface area contributed by atoms with Gasteiger partial charge in [-0.15, -0.1) is 12.4 Å². The minimum Gasteiger partial charge on any atom is -0.351 e. The highest BCUT2D eigenvalue weighted by Crippen LogP contribution is 2.10. The van der Waals surface area contributed by atoms with Crippen LogP contribution in [0, 0.1) is 5.92 Å². The third-order valence-corrected chi connectivity index (χ3v) is 3.19. The van der Waals surface area contributed by atoms with Crippen molar-refractivity contribution in [3.63, 3.8) is 0 Å². The van der Waals surface area contributed by atoms with Crippen molar-refractivity contribution in [3.05, 3.63) is 34.9 Å². The summed E-state index contributed by atoms with van der Waals surface area (Å²) in [5, 5.41) is 3.52. The van der Waals surface area contributed by atoms with Crippen molar-refractivity contribution in [1.82, 2.24) is 5.32 Å². The number of hydrogen-bond donors (Lipinski definition) is 2. The average molecular weight is 291 g/mol. The Kier molecular flexibility index (Phi) is 8.00. The van der Waals surface area contributed by atoms with Gasteiger partial charge in [-0.25, -0.2) is 0 Å². The van der Waals surface area contributed by atoms with E-state index in [0.717, 1.165) is 12.0 Å². The fourth-order valence-corrected chi connectivity index (χ4v) is 1.55. The molecule has 0 fully saturated rings. The third-order valence-electron chi connectivity index (χ3n) is 2.94. The van der Waals surface area contributed by atoms with Crippen molar-refractivity contribution in [1.29, 1.82) is 0 Å². The highest BCUT2D eigenvalue weighted by molar-refractivity contribution is 6.30. The molecule has 1 amide bonds. The average Bonchev–Trinajstić information content (AvgIpc) is 2.35. The van der Waals surface area contributed by atoms with Crippen LogP contribution in [0.2, 0.25) is 5.02 Å². The predicted molar refractivity (Wildman–Crippen MR) is 78.0 cm³/mol. The number of benzene rings is 1. The second-order valence-corrected chi connectivity index (χ2v) is 4.69. The van der Waals surface area contributed by atoms with Crippen molar-refractivity contribution in [2.45, 2.75) is 32.9 Å². The minimum atomic E-state index is -0.438. The normalized spacial score (nSPS) is 13.3. The molecule has 0 aliphatic rings. The van der Waals surface area contributed by atoms with E-state index < -0.39 is 6.04 Å². The van der Waals surface area contributed by atoms with Gasteiger partial charge < -0.3 is 11.1 Å². The van der Waals surface area contributed by atoms with Gasteiger partial charge in [0.2, 0.25) is 5.91 Å². The molecule has 0 saturated heterocycles. The topological polar surface area (TPSA) is 55.1 Å². The summed E-state index contributed by atoms with van der Waals surface area (Å²) in [5.74, 6) is 0.0921. The summed E-state index contributed by atoms with van der Waals surface area (Å²) in [6, 6.07) is 6.94. The Bertz CT molecular complexity index is 368. The van der Waals surface area contributed by atoms with Crippen LogP contribution in [-0.4, -0.2) is 11.9 Å². The summed E-state index contributed by atoms with van der Waals surface area (Å²) in [6.45, 7) is 4.49. The zero-order valence-electron chi connectivity index (χ0n) is 10.7. The second kappa shape index (κ2) is 8.35. The van der Waals surface area contributed by atoms with Crippen LogP contribution in [0.3, 0.4) is 0 Å². The molecule has 1 aromatic rings. The van der Waals surface area contributed by atoms with Gasteiger partial charge in [-0.3, -0.25) is 4.79 Å². The first-order valence-electron chi connectivity index (χ1n) is 5.82. The molecule has 3 N–H and O–H groups in total. The van der Waals surface area contributed by atoms with Crippen LogP contribution in [0.1, 0.15) is 25.8 Å². The van der Waals surface area contributed by atoms with E-state index in [1.807, 2.05) is 26.0 Å². The van der Waals surface area contributed by atoms with Gasteiger partial charge in [0.05, 0.1) is 6.04 Å². The Balaban J connectivity index is 0.00000289. The van der Waals surface area contributed by atoms with E-state index in [1.165, 1.54) is 0 Å². The molecule has 0 aromatic heterocycles. The van der Waals surface area contributed by atoms with Crippen molar-refractivity contribution in [3.8, 4) is 0 Å². The minimum absolute atomic E-state index is 0. The number of nitrogens with one attached hydrogen (secondary N) is 1. The summed E-state index contributed by atoms with van der Waals surface area (Å²) in [7, 11) is 0. The van der Waals surface area contributed by atoms with E-state index in [1.54, 1.807) is 12.1 Å². The van der Waals surface area contributed by atoms with Gasteiger partial charge in [-0.1, -0.05) is 44.0 Å². The molecule has 5 heteroatoms. The smallest absolute Gasteiger partial charge is 0.237 e. The molecule has 102 valence electrons. The van der Waals surface area contributed by atoms with E-state index in [2.05, 4.69) is 5.32 Å². The molecule has 1 aromatic carbocycles. The number of carbonyl (C=O) groups is 1. The van der Waals surface area contributed by atoms with Crippen molar-refractivity contribution in [2.24, 2.45) is 11.7 Å². The SMILES string of the molecule is CCC(C)C(N)C(=O)NCc1ccc(Cl)cc1.Cl. The maximum atomic E-state index is 11.7. The molecule has 0 spiro atoms. The maximum absolute atomic E-state index is 11.7. The van der Waals surface area contributed by atoms with E-state index in [-0.39, 0.29) is 24.2 Å². The largest absolute Gasteiger partial charge is 0.351 e. The molecule has 0 heterocycles. The van der Waals surface area contributed by atoms with Gasteiger partial charge in [0.15, 0.2) is 0 Å². The van der Waals surface area contributed by atoms with E-state index in [0.29, 0.717) is 11.6 Å². The number of amides is 1. The molecule has 3 nitrogen and oxygen atoms in total. The Morgan fingerprint density at radius 1 is 1.39 bits per heavy atom.